The minimum atomic E-state index is -0.641. The van der Waals surface area contributed by atoms with Gasteiger partial charge in [-0.1, -0.05) is 30.3 Å². The van der Waals surface area contributed by atoms with E-state index in [4.69, 9.17) is 19.9 Å². The number of hydrogen-bond acceptors (Lipinski definition) is 6. The molecule has 2 N–H and O–H groups in total. The molecule has 0 atom stereocenters. The summed E-state index contributed by atoms with van der Waals surface area (Å²) in [5, 5.41) is 0. The summed E-state index contributed by atoms with van der Waals surface area (Å²) >= 11 is 0. The number of nitrogens with two attached hydrogens (primary N) is 1. The summed E-state index contributed by atoms with van der Waals surface area (Å²) in [5.41, 5.74) is 7.20. The van der Waals surface area contributed by atoms with E-state index in [1.54, 1.807) is 6.92 Å². The first-order valence-electron chi connectivity index (χ1n) is 9.15. The Balaban J connectivity index is 1.72. The van der Waals surface area contributed by atoms with Crippen molar-refractivity contribution in [1.82, 2.24) is 4.98 Å². The van der Waals surface area contributed by atoms with Crippen molar-refractivity contribution in [3.8, 4) is 5.88 Å². The zero-order chi connectivity index (χ0) is 20.2. The molecule has 0 radical (unpaired) electrons. The maximum Gasteiger partial charge on any atom is 0.330 e. The van der Waals surface area contributed by atoms with Crippen LogP contribution in [0.5, 0.6) is 5.88 Å². The molecule has 0 amide bonds. The van der Waals surface area contributed by atoms with E-state index in [2.05, 4.69) is 4.98 Å². The Morgan fingerprint density at radius 3 is 2.71 bits per heavy atom. The molecule has 0 aliphatic rings. The number of benzene rings is 1. The van der Waals surface area contributed by atoms with Gasteiger partial charge in [0.1, 0.15) is 5.82 Å². The van der Waals surface area contributed by atoms with E-state index >= 15 is 0 Å². The smallest absolute Gasteiger partial charge is 0.330 e. The third-order valence-electron chi connectivity index (χ3n) is 3.72. The number of ether oxygens (including phenoxy) is 3. The van der Waals surface area contributed by atoms with Crippen LogP contribution in [-0.4, -0.2) is 30.8 Å². The lowest BCUT2D eigenvalue weighted by Gasteiger charge is -2.09. The fourth-order valence-electron chi connectivity index (χ4n) is 2.32. The summed E-state index contributed by atoms with van der Waals surface area (Å²) in [4.78, 5) is 15.2. The van der Waals surface area contributed by atoms with Crippen LogP contribution in [0.2, 0.25) is 0 Å². The molecule has 6 nitrogen and oxygen atoms in total. The van der Waals surface area contributed by atoms with Crippen LogP contribution < -0.4 is 10.5 Å². The summed E-state index contributed by atoms with van der Waals surface area (Å²) in [7, 11) is 0. The number of nitrogen functional groups attached to an aromatic ring is 1. The predicted octanol–water partition coefficient (Wildman–Crippen LogP) is 3.76. The second kappa shape index (κ2) is 11.7. The molecule has 2 aromatic rings. The van der Waals surface area contributed by atoms with Crippen LogP contribution in [0.1, 0.15) is 30.9 Å². The zero-order valence-corrected chi connectivity index (χ0v) is 15.9. The number of carbonyl (C=O) groups is 1. The van der Waals surface area contributed by atoms with Gasteiger partial charge in [0.25, 0.3) is 5.88 Å². The van der Waals surface area contributed by atoms with Gasteiger partial charge in [-0.05, 0) is 37.5 Å². The first-order valence-corrected chi connectivity index (χ1v) is 9.15. The molecule has 0 aliphatic heterocycles. The van der Waals surface area contributed by atoms with Crippen molar-refractivity contribution in [2.75, 3.05) is 25.6 Å². The minimum absolute atomic E-state index is 0.0724. The number of aromatic nitrogens is 1. The lowest BCUT2D eigenvalue weighted by molar-refractivity contribution is -0.137. The molecule has 0 fully saturated rings. The lowest BCUT2D eigenvalue weighted by atomic mass is 10.2. The van der Waals surface area contributed by atoms with Gasteiger partial charge in [0.05, 0.1) is 19.8 Å². The highest BCUT2D eigenvalue weighted by atomic mass is 19.1. The molecule has 0 aliphatic carbocycles. The molecule has 0 saturated heterocycles. The van der Waals surface area contributed by atoms with E-state index in [0.29, 0.717) is 26.2 Å². The maximum atomic E-state index is 14.1. The topological polar surface area (TPSA) is 83.7 Å². The van der Waals surface area contributed by atoms with E-state index in [9.17, 15) is 9.18 Å². The SMILES string of the molecule is CCOC(=O)C=Cc1cc(F)c(OCCCCOCc2ccccc2)nc1N. The summed E-state index contributed by atoms with van der Waals surface area (Å²) in [6.45, 7) is 3.41. The van der Waals surface area contributed by atoms with Crippen LogP contribution in [0.25, 0.3) is 6.08 Å². The average Bonchev–Trinajstić information content (AvgIpc) is 2.69. The van der Waals surface area contributed by atoms with Gasteiger partial charge in [-0.25, -0.2) is 9.18 Å². The Morgan fingerprint density at radius 2 is 1.96 bits per heavy atom. The Hall–Kier alpha value is -2.93. The molecular weight excluding hydrogens is 363 g/mol. The number of unbranched alkanes of at least 4 members (excludes halogenated alkanes) is 1. The van der Waals surface area contributed by atoms with E-state index in [0.717, 1.165) is 12.0 Å². The van der Waals surface area contributed by atoms with Crippen molar-refractivity contribution in [3.63, 3.8) is 0 Å². The van der Waals surface area contributed by atoms with Crippen molar-refractivity contribution < 1.29 is 23.4 Å². The Kier molecular flexibility index (Phi) is 8.94. The minimum Gasteiger partial charge on any atom is -0.476 e. The molecule has 0 spiro atoms. The van der Waals surface area contributed by atoms with Gasteiger partial charge in [-0.2, -0.15) is 4.98 Å². The van der Waals surface area contributed by atoms with Crippen LogP contribution in [0.4, 0.5) is 10.2 Å². The quantitative estimate of drug-likeness (QED) is 0.359. The molecule has 0 unspecified atom stereocenters. The normalized spacial score (nSPS) is 10.9. The zero-order valence-electron chi connectivity index (χ0n) is 15.9. The number of pyridine rings is 1. The summed E-state index contributed by atoms with van der Waals surface area (Å²) in [6, 6.07) is 11.1. The lowest BCUT2D eigenvalue weighted by Crippen LogP contribution is -2.06. The van der Waals surface area contributed by atoms with E-state index in [-0.39, 0.29) is 23.9 Å². The Morgan fingerprint density at radius 1 is 1.21 bits per heavy atom. The van der Waals surface area contributed by atoms with Gasteiger partial charge < -0.3 is 19.9 Å². The van der Waals surface area contributed by atoms with Crippen LogP contribution in [0.15, 0.2) is 42.5 Å². The maximum absolute atomic E-state index is 14.1. The molecular formula is C21H25FN2O4. The van der Waals surface area contributed by atoms with Crippen molar-refractivity contribution >= 4 is 17.9 Å². The fraction of sp³-hybridized carbons (Fsp3) is 0.333. The van der Waals surface area contributed by atoms with Crippen molar-refractivity contribution in [1.29, 1.82) is 0 Å². The van der Waals surface area contributed by atoms with Crippen molar-refractivity contribution in [2.24, 2.45) is 0 Å². The number of carbonyl (C=O) groups excluding carboxylic acids is 1. The van der Waals surface area contributed by atoms with E-state index < -0.39 is 11.8 Å². The van der Waals surface area contributed by atoms with Gasteiger partial charge in [-0.3, -0.25) is 0 Å². The number of anilines is 1. The van der Waals surface area contributed by atoms with Gasteiger partial charge in [0.15, 0.2) is 5.82 Å². The molecule has 1 heterocycles. The third kappa shape index (κ3) is 7.36. The van der Waals surface area contributed by atoms with Crippen LogP contribution in [-0.2, 0) is 20.9 Å². The summed E-state index contributed by atoms with van der Waals surface area (Å²) in [5.74, 6) is -1.26. The highest BCUT2D eigenvalue weighted by Crippen LogP contribution is 2.21. The molecule has 7 heteroatoms. The number of esters is 1. The summed E-state index contributed by atoms with van der Waals surface area (Å²) < 4.78 is 29.8. The number of nitrogens with zero attached hydrogens (tertiary/aromatic N) is 1. The standard InChI is InChI=1S/C21H25FN2O4/c1-2-27-19(25)11-10-17-14-18(22)21(24-20(17)23)28-13-7-6-12-26-15-16-8-4-3-5-9-16/h3-5,8-11,14H,2,6-7,12-13,15H2,1H3,(H2,23,24). The fourth-order valence-corrected chi connectivity index (χ4v) is 2.32. The Labute approximate surface area is 164 Å². The molecule has 1 aromatic heterocycles. The van der Waals surface area contributed by atoms with Gasteiger partial charge >= 0.3 is 5.97 Å². The molecule has 0 saturated carbocycles. The first kappa shape index (κ1) is 21.4. The monoisotopic (exact) mass is 388 g/mol. The number of halogens is 1. The second-order valence-electron chi connectivity index (χ2n) is 5.93. The Bertz CT molecular complexity index is 781. The van der Waals surface area contributed by atoms with Crippen LogP contribution in [0.3, 0.4) is 0 Å². The highest BCUT2D eigenvalue weighted by Gasteiger charge is 2.10. The molecule has 28 heavy (non-hydrogen) atoms. The van der Waals surface area contributed by atoms with Crippen LogP contribution >= 0.6 is 0 Å². The van der Waals surface area contributed by atoms with Crippen molar-refractivity contribution in [3.05, 3.63) is 59.4 Å². The van der Waals surface area contributed by atoms with E-state index in [1.165, 1.54) is 18.2 Å². The van der Waals surface area contributed by atoms with Gasteiger partial charge in [0.2, 0.25) is 0 Å². The number of hydrogen-bond donors (Lipinski definition) is 1. The highest BCUT2D eigenvalue weighted by molar-refractivity contribution is 5.88. The molecule has 2 rings (SSSR count). The summed E-state index contributed by atoms with van der Waals surface area (Å²) in [6.07, 6.45) is 4.01. The second-order valence-corrected chi connectivity index (χ2v) is 5.93. The largest absolute Gasteiger partial charge is 0.476 e. The first-order chi connectivity index (χ1) is 13.6. The van der Waals surface area contributed by atoms with Gasteiger partial charge in [0, 0.05) is 18.2 Å². The van der Waals surface area contributed by atoms with Crippen molar-refractivity contribution in [2.45, 2.75) is 26.4 Å². The average molecular weight is 388 g/mol. The molecule has 150 valence electrons. The number of rotatable bonds is 11. The molecule has 0 bridgehead atoms. The van der Waals surface area contributed by atoms with Crippen LogP contribution in [0, 0.1) is 5.82 Å². The molecule has 1 aromatic carbocycles. The predicted molar refractivity (Wildman–Crippen MR) is 105 cm³/mol. The van der Waals surface area contributed by atoms with Gasteiger partial charge in [-0.15, -0.1) is 0 Å². The van der Waals surface area contributed by atoms with E-state index in [1.807, 2.05) is 30.3 Å². The third-order valence-corrected chi connectivity index (χ3v) is 3.72.